The number of ether oxygens (including phenoxy) is 4. The van der Waals surface area contributed by atoms with Crippen LogP contribution in [0.25, 0.3) is 0 Å². The molecule has 1 aliphatic heterocycles. The molecule has 2 saturated carbocycles. The number of nitrogens with one attached hydrogen (secondary N) is 1. The van der Waals surface area contributed by atoms with Gasteiger partial charge in [0.2, 0.25) is 5.91 Å². The summed E-state index contributed by atoms with van der Waals surface area (Å²) in [6.07, 6.45) is 3.94. The third kappa shape index (κ3) is 6.27. The topological polar surface area (TPSA) is 134 Å². The van der Waals surface area contributed by atoms with E-state index in [2.05, 4.69) is 18.8 Å². The second-order valence-electron chi connectivity index (χ2n) is 11.1. The lowest BCUT2D eigenvalue weighted by molar-refractivity contribution is -0.191. The van der Waals surface area contributed by atoms with Crippen LogP contribution < -0.4 is 5.32 Å². The Morgan fingerprint density at radius 3 is 2.45 bits per heavy atom. The number of cyclic esters (lactones) is 1. The van der Waals surface area contributed by atoms with Gasteiger partial charge in [0.25, 0.3) is 0 Å². The number of esters is 4. The summed E-state index contributed by atoms with van der Waals surface area (Å²) in [7, 11) is 0. The van der Waals surface area contributed by atoms with E-state index in [9.17, 15) is 24.0 Å². The van der Waals surface area contributed by atoms with Crippen LogP contribution in [0.5, 0.6) is 0 Å². The summed E-state index contributed by atoms with van der Waals surface area (Å²) in [5.74, 6) is -2.26. The first-order valence-electron chi connectivity index (χ1n) is 13.1. The number of amides is 1. The molecule has 1 heterocycles. The van der Waals surface area contributed by atoms with Crippen molar-refractivity contribution in [2.75, 3.05) is 19.8 Å². The van der Waals surface area contributed by atoms with E-state index in [-0.39, 0.29) is 66.5 Å². The van der Waals surface area contributed by atoms with Crippen LogP contribution in [0.4, 0.5) is 0 Å². The Bertz CT molecular complexity index is 1030. The third-order valence-corrected chi connectivity index (χ3v) is 8.49. The highest BCUT2D eigenvalue weighted by Gasteiger charge is 2.59. The van der Waals surface area contributed by atoms with Gasteiger partial charge >= 0.3 is 23.9 Å². The van der Waals surface area contributed by atoms with Gasteiger partial charge < -0.3 is 24.3 Å². The maximum Gasteiger partial charge on any atom is 0.337 e. The van der Waals surface area contributed by atoms with Gasteiger partial charge in [-0.3, -0.25) is 19.2 Å². The highest BCUT2D eigenvalue weighted by atomic mass is 16.6. The molecule has 6 atom stereocenters. The number of carbonyl (C=O) groups is 5. The lowest BCUT2D eigenvalue weighted by Gasteiger charge is -2.60. The molecule has 0 radical (unpaired) electrons. The first kappa shape index (κ1) is 29.4. The fraction of sp³-hybridized carbons (Fsp3) is 0.679. The summed E-state index contributed by atoms with van der Waals surface area (Å²) in [6, 6.07) is 0. The molecule has 10 heteroatoms. The van der Waals surface area contributed by atoms with Gasteiger partial charge in [-0.15, -0.1) is 0 Å². The van der Waals surface area contributed by atoms with Gasteiger partial charge in [-0.05, 0) is 49.4 Å². The molecular formula is C28H39NO9. The van der Waals surface area contributed by atoms with Gasteiger partial charge in [-0.25, -0.2) is 4.79 Å². The van der Waals surface area contributed by atoms with E-state index >= 15 is 0 Å². The van der Waals surface area contributed by atoms with E-state index < -0.39 is 23.5 Å². The van der Waals surface area contributed by atoms with Crippen LogP contribution >= 0.6 is 0 Å². The number of hydrogen-bond acceptors (Lipinski definition) is 9. The molecule has 1 amide bonds. The smallest absolute Gasteiger partial charge is 0.337 e. The third-order valence-electron chi connectivity index (χ3n) is 8.49. The molecule has 3 fully saturated rings. The maximum atomic E-state index is 12.5. The summed E-state index contributed by atoms with van der Waals surface area (Å²) in [6.45, 7) is 12.4. The lowest BCUT2D eigenvalue weighted by atomic mass is 9.46. The minimum absolute atomic E-state index is 0.00666. The second kappa shape index (κ2) is 11.7. The van der Waals surface area contributed by atoms with E-state index in [1.54, 1.807) is 6.08 Å². The van der Waals surface area contributed by atoms with E-state index in [0.29, 0.717) is 12.8 Å². The summed E-state index contributed by atoms with van der Waals surface area (Å²) in [5, 5.41) is 2.38. The fourth-order valence-electron chi connectivity index (χ4n) is 6.66. The van der Waals surface area contributed by atoms with Gasteiger partial charge in [0, 0.05) is 26.2 Å². The first-order chi connectivity index (χ1) is 17.8. The molecule has 0 spiro atoms. The molecule has 210 valence electrons. The van der Waals surface area contributed by atoms with Crippen molar-refractivity contribution in [3.8, 4) is 0 Å². The molecule has 0 aromatic heterocycles. The Kier molecular flexibility index (Phi) is 9.05. The number of rotatable bonds is 8. The molecule has 1 N–H and O–H groups in total. The number of carbonyl (C=O) groups excluding carboxylic acids is 5. The molecule has 0 aromatic rings. The van der Waals surface area contributed by atoms with Gasteiger partial charge in [-0.2, -0.15) is 0 Å². The molecule has 0 aromatic carbocycles. The van der Waals surface area contributed by atoms with Crippen molar-refractivity contribution < 1.29 is 42.9 Å². The summed E-state index contributed by atoms with van der Waals surface area (Å²) >= 11 is 0. The van der Waals surface area contributed by atoms with Crippen molar-refractivity contribution in [2.24, 2.45) is 22.7 Å². The minimum atomic E-state index is -0.849. The zero-order valence-electron chi connectivity index (χ0n) is 22.9. The Balaban J connectivity index is 1.84. The Morgan fingerprint density at radius 1 is 1.11 bits per heavy atom. The molecule has 1 saturated heterocycles. The van der Waals surface area contributed by atoms with Crippen molar-refractivity contribution in [2.45, 2.75) is 78.9 Å². The highest BCUT2D eigenvalue weighted by Crippen LogP contribution is 2.62. The molecular weight excluding hydrogens is 494 g/mol. The van der Waals surface area contributed by atoms with E-state index in [1.165, 1.54) is 20.8 Å². The molecule has 38 heavy (non-hydrogen) atoms. The minimum Gasteiger partial charge on any atom is -0.465 e. The van der Waals surface area contributed by atoms with Crippen LogP contribution in [0.1, 0.15) is 66.7 Å². The summed E-state index contributed by atoms with van der Waals surface area (Å²) in [4.78, 5) is 59.3. The molecule has 1 unspecified atom stereocenters. The molecule has 2 aliphatic carbocycles. The molecule has 3 rings (SSSR count). The number of fused-ring (bicyclic) bond motifs is 1. The van der Waals surface area contributed by atoms with E-state index in [1.807, 2.05) is 6.92 Å². The fourth-order valence-corrected chi connectivity index (χ4v) is 6.66. The Hall–Kier alpha value is -3.17. The van der Waals surface area contributed by atoms with Crippen LogP contribution in [-0.4, -0.2) is 61.8 Å². The maximum absolute atomic E-state index is 12.5. The molecule has 3 aliphatic rings. The Morgan fingerprint density at radius 2 is 1.82 bits per heavy atom. The van der Waals surface area contributed by atoms with Crippen molar-refractivity contribution >= 4 is 29.8 Å². The average molecular weight is 534 g/mol. The van der Waals surface area contributed by atoms with Crippen molar-refractivity contribution in [3.63, 3.8) is 0 Å². The van der Waals surface area contributed by atoms with Crippen LogP contribution in [0.15, 0.2) is 23.8 Å². The summed E-state index contributed by atoms with van der Waals surface area (Å²) < 4.78 is 21.8. The van der Waals surface area contributed by atoms with Crippen LogP contribution in [0, 0.1) is 22.7 Å². The lowest BCUT2D eigenvalue weighted by Crippen LogP contribution is -2.58. The van der Waals surface area contributed by atoms with Crippen LogP contribution in [-0.2, 0) is 42.9 Å². The second-order valence-corrected chi connectivity index (χ2v) is 11.1. The predicted molar refractivity (Wildman–Crippen MR) is 135 cm³/mol. The van der Waals surface area contributed by atoms with E-state index in [4.69, 9.17) is 18.9 Å². The first-order valence-corrected chi connectivity index (χ1v) is 13.1. The normalized spacial score (nSPS) is 33.7. The molecule has 0 bridgehead atoms. The van der Waals surface area contributed by atoms with Gasteiger partial charge in [-0.1, -0.05) is 32.1 Å². The van der Waals surface area contributed by atoms with Gasteiger partial charge in [0.1, 0.15) is 25.9 Å². The quantitative estimate of drug-likeness (QED) is 0.216. The Labute approximate surface area is 223 Å². The average Bonchev–Trinajstić information content (AvgIpc) is 3.16. The van der Waals surface area contributed by atoms with Crippen molar-refractivity contribution in [1.29, 1.82) is 0 Å². The number of hydrogen-bond donors (Lipinski definition) is 1. The SMILES string of the molecule is C=C1CCC2[C@](C)(COC(C)=O)[C@H](OC(C)=O)CC[C@]2(C)[C@H]1C/C=C1/C(=O)OC[C@H]1OC(=O)CNC(C)=O. The van der Waals surface area contributed by atoms with Crippen molar-refractivity contribution in [3.05, 3.63) is 23.8 Å². The van der Waals surface area contributed by atoms with Crippen molar-refractivity contribution in [1.82, 2.24) is 5.32 Å². The largest absolute Gasteiger partial charge is 0.465 e. The van der Waals surface area contributed by atoms with Gasteiger partial charge in [0.05, 0.1) is 5.57 Å². The molecule has 10 nitrogen and oxygen atoms in total. The standard InChI is InChI=1S/C28H39NO9/c1-16-7-10-23-27(5,12-11-24(37-19(4)32)28(23,6)15-36-18(3)31)21(16)9-8-20-22(14-35-26(20)34)38-25(33)13-29-17(2)30/h8,21-24H,1,7,9-15H2,2-6H3,(H,29,30)/b20-8+/t21-,22+,23?,24+,27+,28-/m0/s1. The predicted octanol–water partition coefficient (Wildman–Crippen LogP) is 2.79. The zero-order chi connectivity index (χ0) is 28.3. The highest BCUT2D eigenvalue weighted by molar-refractivity contribution is 5.92. The van der Waals surface area contributed by atoms with Gasteiger partial charge in [0.15, 0.2) is 6.10 Å². The zero-order valence-corrected chi connectivity index (χ0v) is 22.9. The van der Waals surface area contributed by atoms with E-state index in [0.717, 1.165) is 24.8 Å². The monoisotopic (exact) mass is 533 g/mol. The van der Waals surface area contributed by atoms with Crippen LogP contribution in [0.3, 0.4) is 0 Å². The van der Waals surface area contributed by atoms with Crippen LogP contribution in [0.2, 0.25) is 0 Å². The number of allylic oxidation sites excluding steroid dienone is 2. The summed E-state index contributed by atoms with van der Waals surface area (Å²) in [5.41, 5.74) is 0.477.